The first-order chi connectivity index (χ1) is 6.40. The summed E-state index contributed by atoms with van der Waals surface area (Å²) in [5.41, 5.74) is 0.307. The standard InChI is InChI=1S/C10H16O.C2H3O/c1-9(2)7-4-5-10(9,3)8(11)6-7;1-2-3/h7H,4-6H2,1-3H3;2H,1H2. The number of hydrogen-bond acceptors (Lipinski definition) is 1. The Kier molecular flexibility index (Phi) is 2.75. The Morgan fingerprint density at radius 2 is 1.93 bits per heavy atom. The molecule has 2 rings (SSSR count). The normalized spacial score (nSPS) is 37.6. The van der Waals surface area contributed by atoms with Crippen LogP contribution in [0.5, 0.6) is 0 Å². The van der Waals surface area contributed by atoms with Crippen molar-refractivity contribution in [3.63, 3.8) is 0 Å². The highest BCUT2D eigenvalue weighted by molar-refractivity contribution is 5.89. The van der Waals surface area contributed by atoms with Gasteiger partial charge in [0.1, 0.15) is 12.0 Å². The first-order valence-electron chi connectivity index (χ1n) is 5.16. The van der Waals surface area contributed by atoms with E-state index in [1.54, 1.807) is 0 Å². The number of carbonyl (C=O) groups excluding carboxylic acids is 1. The van der Waals surface area contributed by atoms with E-state index in [1.165, 1.54) is 6.42 Å². The van der Waals surface area contributed by atoms with Gasteiger partial charge in [-0.1, -0.05) is 27.4 Å². The number of ketones is 1. The molecule has 2 aliphatic carbocycles. The molecule has 2 nitrogen and oxygen atoms in total. The van der Waals surface area contributed by atoms with Gasteiger partial charge < -0.3 is 0 Å². The molecule has 2 heteroatoms. The van der Waals surface area contributed by atoms with Crippen molar-refractivity contribution in [2.45, 2.75) is 40.0 Å². The fourth-order valence-electron chi connectivity index (χ4n) is 2.90. The molecule has 2 atom stereocenters. The third-order valence-corrected chi connectivity index (χ3v) is 4.48. The molecule has 0 aromatic carbocycles. The number of Topliss-reactive ketones (excluding diaryl/α,β-unsaturated/α-hetero) is 1. The second-order valence-corrected chi connectivity index (χ2v) is 5.08. The first kappa shape index (κ1) is 11.3. The van der Waals surface area contributed by atoms with Crippen molar-refractivity contribution < 1.29 is 9.90 Å². The van der Waals surface area contributed by atoms with Crippen molar-refractivity contribution in [2.24, 2.45) is 16.7 Å². The van der Waals surface area contributed by atoms with E-state index in [9.17, 15) is 4.79 Å². The lowest BCUT2D eigenvalue weighted by Crippen LogP contribution is -2.32. The van der Waals surface area contributed by atoms with Gasteiger partial charge in [-0.25, -0.2) is 0 Å². The van der Waals surface area contributed by atoms with Crippen molar-refractivity contribution in [1.29, 1.82) is 0 Å². The average Bonchev–Trinajstić information content (AvgIpc) is 2.38. The molecule has 2 bridgehead atoms. The van der Waals surface area contributed by atoms with E-state index in [0.717, 1.165) is 12.8 Å². The van der Waals surface area contributed by atoms with Gasteiger partial charge in [0.2, 0.25) is 0 Å². The molecule has 0 aromatic heterocycles. The van der Waals surface area contributed by atoms with E-state index < -0.39 is 0 Å². The van der Waals surface area contributed by atoms with Crippen LogP contribution in [0.2, 0.25) is 0 Å². The van der Waals surface area contributed by atoms with Gasteiger partial charge in [0.05, 0.1) is 0 Å². The van der Waals surface area contributed by atoms with Gasteiger partial charge in [-0.3, -0.25) is 9.90 Å². The van der Waals surface area contributed by atoms with Crippen molar-refractivity contribution in [3.05, 3.63) is 12.8 Å². The zero-order chi connectivity index (χ0) is 11.0. The predicted molar refractivity (Wildman–Crippen MR) is 55.1 cm³/mol. The molecule has 2 fully saturated rings. The Bertz CT molecular complexity index is 255. The van der Waals surface area contributed by atoms with Crippen molar-refractivity contribution in [1.82, 2.24) is 0 Å². The third kappa shape index (κ3) is 1.28. The van der Waals surface area contributed by atoms with Crippen LogP contribution in [0.25, 0.3) is 0 Å². The second-order valence-electron chi connectivity index (χ2n) is 5.08. The van der Waals surface area contributed by atoms with Crippen LogP contribution in [0, 0.1) is 16.7 Å². The van der Waals surface area contributed by atoms with E-state index in [0.29, 0.717) is 18.0 Å². The van der Waals surface area contributed by atoms with Gasteiger partial charge in [-0.2, -0.15) is 0 Å². The molecule has 0 aromatic rings. The third-order valence-electron chi connectivity index (χ3n) is 4.48. The Morgan fingerprint density at radius 1 is 1.43 bits per heavy atom. The fourth-order valence-corrected chi connectivity index (χ4v) is 2.90. The van der Waals surface area contributed by atoms with Gasteiger partial charge >= 0.3 is 0 Å². The topological polar surface area (TPSA) is 37.0 Å². The van der Waals surface area contributed by atoms with Gasteiger partial charge in [0, 0.05) is 11.8 Å². The molecule has 0 heterocycles. The Labute approximate surface area is 86.0 Å². The molecular formula is C12H19O2. The smallest absolute Gasteiger partial charge is 0.139 e. The summed E-state index contributed by atoms with van der Waals surface area (Å²) in [6, 6.07) is 0. The van der Waals surface area contributed by atoms with Crippen LogP contribution in [0.15, 0.2) is 12.8 Å². The molecule has 2 saturated carbocycles. The highest BCUT2D eigenvalue weighted by Gasteiger charge is 2.61. The largest absolute Gasteiger partial charge is 0.299 e. The Morgan fingerprint density at radius 3 is 2.07 bits per heavy atom. The van der Waals surface area contributed by atoms with Gasteiger partial charge in [-0.05, 0) is 24.2 Å². The minimum absolute atomic E-state index is 0.0255. The van der Waals surface area contributed by atoms with Crippen molar-refractivity contribution in [2.75, 3.05) is 0 Å². The Balaban J connectivity index is 0.000000293. The number of carbonyl (C=O) groups is 1. The maximum atomic E-state index is 11.6. The Hall–Kier alpha value is -0.790. The molecular weight excluding hydrogens is 176 g/mol. The first-order valence-corrected chi connectivity index (χ1v) is 5.16. The molecule has 1 radical (unpaired) electrons. The fraction of sp³-hybridized carbons (Fsp3) is 0.750. The number of fused-ring (bicyclic) bond motifs is 2. The summed E-state index contributed by atoms with van der Waals surface area (Å²) >= 11 is 0. The molecule has 0 N–H and O–H groups in total. The summed E-state index contributed by atoms with van der Waals surface area (Å²) in [5.74, 6) is 1.19. The zero-order valence-corrected chi connectivity index (χ0v) is 9.30. The molecule has 2 aliphatic rings. The number of hydrogen-bond donors (Lipinski definition) is 0. The van der Waals surface area contributed by atoms with Crippen LogP contribution in [-0.2, 0) is 9.90 Å². The predicted octanol–water partition coefficient (Wildman–Crippen LogP) is 2.96. The van der Waals surface area contributed by atoms with Crippen LogP contribution >= 0.6 is 0 Å². The van der Waals surface area contributed by atoms with Crippen LogP contribution in [0.3, 0.4) is 0 Å². The molecule has 14 heavy (non-hydrogen) atoms. The van der Waals surface area contributed by atoms with Gasteiger partial charge in [-0.15, -0.1) is 0 Å². The molecule has 0 amide bonds. The molecule has 2 unspecified atom stereocenters. The summed E-state index contributed by atoms with van der Waals surface area (Å²) in [6.45, 7) is 9.48. The lowest BCUT2D eigenvalue weighted by Gasteiger charge is -2.32. The van der Waals surface area contributed by atoms with Crippen LogP contribution in [-0.4, -0.2) is 5.78 Å². The highest BCUT2D eigenvalue weighted by atomic mass is 16.2. The molecule has 0 aliphatic heterocycles. The summed E-state index contributed by atoms with van der Waals surface area (Å²) < 4.78 is 0. The zero-order valence-electron chi connectivity index (χ0n) is 9.30. The van der Waals surface area contributed by atoms with Crippen LogP contribution in [0.4, 0.5) is 0 Å². The summed E-state index contributed by atoms with van der Waals surface area (Å²) in [6.07, 6.45) is 3.75. The average molecular weight is 195 g/mol. The minimum atomic E-state index is 0.0255. The number of rotatable bonds is 0. The highest BCUT2D eigenvalue weighted by Crippen LogP contribution is 2.63. The quantitative estimate of drug-likeness (QED) is 0.547. The van der Waals surface area contributed by atoms with Crippen molar-refractivity contribution >= 4 is 5.78 Å². The van der Waals surface area contributed by atoms with Gasteiger partial charge in [0.15, 0.2) is 0 Å². The van der Waals surface area contributed by atoms with E-state index in [-0.39, 0.29) is 10.8 Å². The second kappa shape index (κ2) is 3.41. The molecule has 79 valence electrons. The maximum absolute atomic E-state index is 11.6. The molecule has 0 spiro atoms. The van der Waals surface area contributed by atoms with E-state index in [1.807, 2.05) is 0 Å². The summed E-state index contributed by atoms with van der Waals surface area (Å²) in [7, 11) is 0. The SMILES string of the molecule is C=C[O].CC12CCC(CC1=O)C2(C)C. The van der Waals surface area contributed by atoms with Gasteiger partial charge in [0.25, 0.3) is 0 Å². The summed E-state index contributed by atoms with van der Waals surface area (Å²) in [4.78, 5) is 11.6. The van der Waals surface area contributed by atoms with Crippen LogP contribution in [0.1, 0.15) is 40.0 Å². The lowest BCUT2D eigenvalue weighted by atomic mass is 9.70. The van der Waals surface area contributed by atoms with E-state index in [4.69, 9.17) is 5.11 Å². The van der Waals surface area contributed by atoms with E-state index in [2.05, 4.69) is 27.4 Å². The monoisotopic (exact) mass is 195 g/mol. The van der Waals surface area contributed by atoms with Crippen LogP contribution < -0.4 is 0 Å². The maximum Gasteiger partial charge on any atom is 0.139 e. The van der Waals surface area contributed by atoms with E-state index >= 15 is 0 Å². The minimum Gasteiger partial charge on any atom is -0.299 e. The van der Waals surface area contributed by atoms with Crippen molar-refractivity contribution in [3.8, 4) is 0 Å². The lowest BCUT2D eigenvalue weighted by molar-refractivity contribution is -0.128. The summed E-state index contributed by atoms with van der Waals surface area (Å²) in [5, 5.41) is 8.69. The molecule has 0 saturated heterocycles.